The number of fused-ring (bicyclic) bond motifs is 3. The smallest absolute Gasteiger partial charge is 0.159 e. The zero-order valence-corrected chi connectivity index (χ0v) is 17.5. The van der Waals surface area contributed by atoms with Gasteiger partial charge in [0.25, 0.3) is 0 Å². The maximum atomic E-state index is 11.9. The van der Waals surface area contributed by atoms with Gasteiger partial charge in [-0.05, 0) is 71.4 Å². The Hall–Kier alpha value is -2.50. The standard InChI is InChI=1S/C23H29N3O2/c1-16(27)18-6-8-22-20(14-18)21-15-19(17(2)28)7-9-23(21)26(22)13-12-25(5)11-10-24(3)4/h6-9,14-15H,10-13H2,1-5H3. The highest BCUT2D eigenvalue weighted by Gasteiger charge is 2.14. The van der Waals surface area contributed by atoms with Gasteiger partial charge in [-0.1, -0.05) is 0 Å². The molecule has 0 saturated heterocycles. The zero-order chi connectivity index (χ0) is 20.4. The van der Waals surface area contributed by atoms with Gasteiger partial charge in [0.2, 0.25) is 0 Å². The Labute approximate surface area is 166 Å². The first kappa shape index (κ1) is 20.2. The summed E-state index contributed by atoms with van der Waals surface area (Å²) in [5, 5.41) is 2.06. The number of benzene rings is 2. The van der Waals surface area contributed by atoms with Crippen molar-refractivity contribution in [2.24, 2.45) is 0 Å². The van der Waals surface area contributed by atoms with Crippen molar-refractivity contribution in [2.45, 2.75) is 20.4 Å². The van der Waals surface area contributed by atoms with Gasteiger partial charge in [0.1, 0.15) is 0 Å². The molecule has 0 aliphatic heterocycles. The summed E-state index contributed by atoms with van der Waals surface area (Å²) in [6, 6.07) is 11.7. The summed E-state index contributed by atoms with van der Waals surface area (Å²) < 4.78 is 2.30. The number of nitrogens with zero attached hydrogens (tertiary/aromatic N) is 3. The monoisotopic (exact) mass is 379 g/mol. The number of Topliss-reactive ketones (excluding diaryl/α,β-unsaturated/α-hetero) is 2. The highest BCUT2D eigenvalue weighted by atomic mass is 16.1. The first-order valence-electron chi connectivity index (χ1n) is 9.69. The molecule has 1 heterocycles. The van der Waals surface area contributed by atoms with Crippen LogP contribution in [0.5, 0.6) is 0 Å². The first-order chi connectivity index (χ1) is 13.3. The van der Waals surface area contributed by atoms with Gasteiger partial charge in [-0.3, -0.25) is 9.59 Å². The van der Waals surface area contributed by atoms with Crippen molar-refractivity contribution >= 4 is 33.4 Å². The van der Waals surface area contributed by atoms with E-state index in [1.54, 1.807) is 13.8 Å². The molecular weight excluding hydrogens is 350 g/mol. The summed E-state index contributed by atoms with van der Waals surface area (Å²) in [5.41, 5.74) is 3.59. The van der Waals surface area contributed by atoms with Crippen LogP contribution in [0, 0.1) is 0 Å². The molecule has 0 saturated carbocycles. The molecule has 5 heteroatoms. The van der Waals surface area contributed by atoms with Gasteiger partial charge >= 0.3 is 0 Å². The number of ketones is 2. The average Bonchev–Trinajstić information content (AvgIpc) is 2.96. The highest BCUT2D eigenvalue weighted by molar-refractivity contribution is 6.12. The quantitative estimate of drug-likeness (QED) is 0.560. The molecule has 3 rings (SSSR count). The van der Waals surface area contributed by atoms with Crippen LogP contribution in [0.3, 0.4) is 0 Å². The second kappa shape index (κ2) is 8.25. The molecule has 2 aromatic carbocycles. The van der Waals surface area contributed by atoms with Gasteiger partial charge in [0.15, 0.2) is 11.6 Å². The van der Waals surface area contributed by atoms with E-state index < -0.39 is 0 Å². The fourth-order valence-corrected chi connectivity index (χ4v) is 3.54. The molecule has 0 radical (unpaired) electrons. The number of hydrogen-bond acceptors (Lipinski definition) is 4. The molecular formula is C23H29N3O2. The number of rotatable bonds is 8. The van der Waals surface area contributed by atoms with Gasteiger partial charge in [-0.15, -0.1) is 0 Å². The van der Waals surface area contributed by atoms with Crippen LogP contribution in [0.25, 0.3) is 21.8 Å². The van der Waals surface area contributed by atoms with E-state index in [-0.39, 0.29) is 11.6 Å². The van der Waals surface area contributed by atoms with Crippen LogP contribution in [0.15, 0.2) is 36.4 Å². The number of carbonyl (C=O) groups excluding carboxylic acids is 2. The van der Waals surface area contributed by atoms with E-state index >= 15 is 0 Å². The van der Waals surface area contributed by atoms with Crippen molar-refractivity contribution in [3.05, 3.63) is 47.5 Å². The van der Waals surface area contributed by atoms with Crippen molar-refractivity contribution in [3.8, 4) is 0 Å². The van der Waals surface area contributed by atoms with Gasteiger partial charge in [0, 0.05) is 59.1 Å². The number of carbonyl (C=O) groups is 2. The highest BCUT2D eigenvalue weighted by Crippen LogP contribution is 2.31. The topological polar surface area (TPSA) is 45.6 Å². The fourth-order valence-electron chi connectivity index (χ4n) is 3.54. The minimum absolute atomic E-state index is 0.0499. The molecule has 0 fully saturated rings. The molecule has 3 aromatic rings. The summed E-state index contributed by atoms with van der Waals surface area (Å²) in [6.07, 6.45) is 0. The SMILES string of the molecule is CC(=O)c1ccc2c(c1)c1cc(C(C)=O)ccc1n2CCN(C)CCN(C)C. The molecule has 148 valence electrons. The van der Waals surface area contributed by atoms with Crippen LogP contribution in [0.1, 0.15) is 34.6 Å². The molecule has 0 atom stereocenters. The fraction of sp³-hybridized carbons (Fsp3) is 0.391. The van der Waals surface area contributed by atoms with E-state index in [2.05, 4.69) is 35.5 Å². The van der Waals surface area contributed by atoms with Crippen LogP contribution in [-0.4, -0.2) is 66.7 Å². The number of likely N-dealkylation sites (N-methyl/N-ethyl adjacent to an activating group) is 2. The van der Waals surface area contributed by atoms with Gasteiger partial charge in [0.05, 0.1) is 0 Å². The third kappa shape index (κ3) is 4.16. The average molecular weight is 380 g/mol. The maximum Gasteiger partial charge on any atom is 0.159 e. The third-order valence-corrected chi connectivity index (χ3v) is 5.31. The van der Waals surface area contributed by atoms with Gasteiger partial charge in [-0.2, -0.15) is 0 Å². The van der Waals surface area contributed by atoms with E-state index in [0.717, 1.165) is 48.0 Å². The van der Waals surface area contributed by atoms with Crippen LogP contribution < -0.4 is 0 Å². The van der Waals surface area contributed by atoms with E-state index in [1.807, 2.05) is 36.4 Å². The van der Waals surface area contributed by atoms with Crippen molar-refractivity contribution in [1.82, 2.24) is 14.4 Å². The lowest BCUT2D eigenvalue weighted by Crippen LogP contribution is -2.31. The normalized spacial score (nSPS) is 11.8. The lowest BCUT2D eigenvalue weighted by Gasteiger charge is -2.20. The predicted octanol–water partition coefficient (Wildman–Crippen LogP) is 3.69. The summed E-state index contributed by atoms with van der Waals surface area (Å²) in [7, 11) is 6.30. The summed E-state index contributed by atoms with van der Waals surface area (Å²) >= 11 is 0. The Balaban J connectivity index is 2.04. The van der Waals surface area contributed by atoms with Crippen molar-refractivity contribution in [2.75, 3.05) is 40.8 Å². The van der Waals surface area contributed by atoms with E-state index in [9.17, 15) is 9.59 Å². The summed E-state index contributed by atoms with van der Waals surface area (Å²) in [5.74, 6) is 0.0999. The van der Waals surface area contributed by atoms with Crippen LogP contribution in [0.2, 0.25) is 0 Å². The number of hydrogen-bond donors (Lipinski definition) is 0. The predicted molar refractivity (Wildman–Crippen MR) is 116 cm³/mol. The van der Waals surface area contributed by atoms with Crippen LogP contribution in [0.4, 0.5) is 0 Å². The van der Waals surface area contributed by atoms with Crippen molar-refractivity contribution in [1.29, 1.82) is 0 Å². The first-order valence-corrected chi connectivity index (χ1v) is 9.69. The molecule has 1 aromatic heterocycles. The molecule has 0 spiro atoms. The summed E-state index contributed by atoms with van der Waals surface area (Å²) in [4.78, 5) is 28.3. The maximum absolute atomic E-state index is 11.9. The minimum Gasteiger partial charge on any atom is -0.339 e. The molecule has 0 unspecified atom stereocenters. The second-order valence-electron chi connectivity index (χ2n) is 7.83. The molecule has 5 nitrogen and oxygen atoms in total. The Morgan fingerprint density at radius 3 is 1.71 bits per heavy atom. The molecule has 0 aliphatic rings. The molecule has 0 N–H and O–H groups in total. The third-order valence-electron chi connectivity index (χ3n) is 5.31. The molecule has 28 heavy (non-hydrogen) atoms. The largest absolute Gasteiger partial charge is 0.339 e. The number of aromatic nitrogens is 1. The molecule has 0 amide bonds. The van der Waals surface area contributed by atoms with E-state index in [4.69, 9.17) is 0 Å². The Morgan fingerprint density at radius 2 is 1.29 bits per heavy atom. The second-order valence-corrected chi connectivity index (χ2v) is 7.83. The Morgan fingerprint density at radius 1 is 0.786 bits per heavy atom. The lowest BCUT2D eigenvalue weighted by molar-refractivity contribution is 0.100. The Bertz CT molecular complexity index is 962. The lowest BCUT2D eigenvalue weighted by atomic mass is 10.0. The summed E-state index contributed by atoms with van der Waals surface area (Å²) in [6.45, 7) is 6.97. The van der Waals surface area contributed by atoms with Crippen molar-refractivity contribution in [3.63, 3.8) is 0 Å². The molecule has 0 bridgehead atoms. The van der Waals surface area contributed by atoms with E-state index in [0.29, 0.717) is 11.1 Å². The van der Waals surface area contributed by atoms with Crippen LogP contribution >= 0.6 is 0 Å². The minimum atomic E-state index is 0.0499. The van der Waals surface area contributed by atoms with Crippen LogP contribution in [-0.2, 0) is 6.54 Å². The zero-order valence-electron chi connectivity index (χ0n) is 17.5. The van der Waals surface area contributed by atoms with Gasteiger partial charge < -0.3 is 14.4 Å². The van der Waals surface area contributed by atoms with E-state index in [1.165, 1.54) is 0 Å². The molecule has 0 aliphatic carbocycles. The van der Waals surface area contributed by atoms with Crippen molar-refractivity contribution < 1.29 is 9.59 Å². The Kier molecular flexibility index (Phi) is 5.96. The van der Waals surface area contributed by atoms with Gasteiger partial charge in [-0.25, -0.2) is 0 Å².